The largest absolute Gasteiger partial charge is 0.370 e. The summed E-state index contributed by atoms with van der Waals surface area (Å²) in [5.74, 6) is -0.478. The van der Waals surface area contributed by atoms with Gasteiger partial charge in [0.2, 0.25) is 0 Å². The zero-order chi connectivity index (χ0) is 20.7. The number of pyridine rings is 1. The number of piperidine rings is 1. The summed E-state index contributed by atoms with van der Waals surface area (Å²) in [6, 6.07) is 0.0762. The number of amides is 1. The Labute approximate surface area is 169 Å². The predicted octanol–water partition coefficient (Wildman–Crippen LogP) is 2.46. The molecule has 0 saturated carbocycles. The van der Waals surface area contributed by atoms with Gasteiger partial charge in [0, 0.05) is 62.8 Å². The van der Waals surface area contributed by atoms with Gasteiger partial charge in [-0.1, -0.05) is 13.2 Å². The number of likely N-dealkylation sites (tertiary alicyclic amines) is 1. The lowest BCUT2D eigenvalue weighted by Crippen LogP contribution is -2.46. The van der Waals surface area contributed by atoms with E-state index in [9.17, 15) is 4.79 Å². The van der Waals surface area contributed by atoms with Gasteiger partial charge in [0.25, 0.3) is 5.91 Å². The summed E-state index contributed by atoms with van der Waals surface area (Å²) in [6.07, 6.45) is 7.08. The smallest absolute Gasteiger partial charge is 0.254 e. The van der Waals surface area contributed by atoms with Crippen molar-refractivity contribution in [2.75, 3.05) is 25.0 Å². The average Bonchev–Trinajstić information content (AvgIpc) is 3.34. The number of anilines is 1. The van der Waals surface area contributed by atoms with Crippen LogP contribution in [0.1, 0.15) is 28.8 Å². The van der Waals surface area contributed by atoms with Crippen molar-refractivity contribution in [3.8, 4) is 11.3 Å². The third-order valence-corrected chi connectivity index (χ3v) is 5.77. The summed E-state index contributed by atoms with van der Waals surface area (Å²) in [7, 11) is 3.66. The van der Waals surface area contributed by atoms with Crippen LogP contribution in [0.15, 0.2) is 37.3 Å². The SMILES string of the molecule is C=CC(=C)N1CCC[C@H](N(C)c2nc(-c3cnn(C)c3)c3c(c2F)CNC3=O)C1. The fraction of sp³-hybridized carbons (Fsp3) is 0.381. The van der Waals surface area contributed by atoms with Crippen molar-refractivity contribution in [1.82, 2.24) is 25.0 Å². The second-order valence-corrected chi connectivity index (χ2v) is 7.59. The van der Waals surface area contributed by atoms with Crippen LogP contribution in [-0.4, -0.2) is 51.8 Å². The Morgan fingerprint density at radius 1 is 1.48 bits per heavy atom. The number of nitrogens with one attached hydrogen (secondary N) is 1. The van der Waals surface area contributed by atoms with Gasteiger partial charge in [0.15, 0.2) is 11.6 Å². The second kappa shape index (κ2) is 7.35. The number of rotatable bonds is 5. The molecule has 1 N–H and O–H groups in total. The Balaban J connectivity index is 1.75. The van der Waals surface area contributed by atoms with Gasteiger partial charge in [-0.05, 0) is 18.9 Å². The Morgan fingerprint density at radius 2 is 2.28 bits per heavy atom. The number of carbonyl (C=O) groups excluding carboxylic acids is 1. The Morgan fingerprint density at radius 3 is 2.97 bits per heavy atom. The minimum absolute atomic E-state index is 0.0762. The van der Waals surface area contributed by atoms with Gasteiger partial charge in [-0.2, -0.15) is 5.10 Å². The van der Waals surface area contributed by atoms with Crippen LogP contribution in [0.5, 0.6) is 0 Å². The number of fused-ring (bicyclic) bond motifs is 1. The number of hydrogen-bond acceptors (Lipinski definition) is 5. The van der Waals surface area contributed by atoms with Crippen LogP contribution < -0.4 is 10.2 Å². The summed E-state index contributed by atoms with van der Waals surface area (Å²) >= 11 is 0. The number of aromatic nitrogens is 3. The molecule has 7 nitrogen and oxygen atoms in total. The first kappa shape index (κ1) is 19.2. The lowest BCUT2D eigenvalue weighted by Gasteiger charge is -2.39. The van der Waals surface area contributed by atoms with Gasteiger partial charge in [0.1, 0.15) is 0 Å². The first-order valence-corrected chi connectivity index (χ1v) is 9.69. The van der Waals surface area contributed by atoms with E-state index in [-0.39, 0.29) is 24.3 Å². The van der Waals surface area contributed by atoms with E-state index < -0.39 is 5.82 Å². The van der Waals surface area contributed by atoms with Gasteiger partial charge in [0.05, 0.1) is 17.5 Å². The lowest BCUT2D eigenvalue weighted by molar-refractivity contribution is 0.0966. The van der Waals surface area contributed by atoms with E-state index in [1.807, 2.05) is 11.9 Å². The molecule has 8 heteroatoms. The van der Waals surface area contributed by atoms with Crippen LogP contribution in [0.3, 0.4) is 0 Å². The topological polar surface area (TPSA) is 66.3 Å². The molecule has 0 bridgehead atoms. The second-order valence-electron chi connectivity index (χ2n) is 7.59. The molecule has 0 aromatic carbocycles. The normalized spacial score (nSPS) is 18.4. The molecule has 1 amide bonds. The highest BCUT2D eigenvalue weighted by molar-refractivity contribution is 6.04. The fourth-order valence-corrected chi connectivity index (χ4v) is 4.09. The molecule has 0 spiro atoms. The van der Waals surface area contributed by atoms with Crippen molar-refractivity contribution in [3.05, 3.63) is 54.3 Å². The Kier molecular flexibility index (Phi) is 4.86. The van der Waals surface area contributed by atoms with Crippen molar-refractivity contribution >= 4 is 11.7 Å². The minimum atomic E-state index is -0.437. The molecule has 2 aliphatic rings. The summed E-state index contributed by atoms with van der Waals surface area (Å²) in [5, 5.41) is 6.90. The van der Waals surface area contributed by atoms with E-state index in [2.05, 4.69) is 33.5 Å². The summed E-state index contributed by atoms with van der Waals surface area (Å²) in [5.41, 5.74) is 2.71. The molecule has 0 radical (unpaired) electrons. The zero-order valence-electron chi connectivity index (χ0n) is 16.8. The summed E-state index contributed by atoms with van der Waals surface area (Å²) in [6.45, 7) is 9.63. The third kappa shape index (κ3) is 3.28. The number of aryl methyl sites for hydroxylation is 1. The van der Waals surface area contributed by atoms with Crippen LogP contribution in [-0.2, 0) is 13.6 Å². The molecule has 2 aromatic heterocycles. The molecule has 4 heterocycles. The minimum Gasteiger partial charge on any atom is -0.370 e. The molecule has 0 aliphatic carbocycles. The van der Waals surface area contributed by atoms with E-state index >= 15 is 4.39 Å². The number of nitrogens with zero attached hydrogens (tertiary/aromatic N) is 5. The van der Waals surface area contributed by atoms with E-state index in [1.165, 1.54) is 0 Å². The van der Waals surface area contributed by atoms with E-state index in [0.29, 0.717) is 22.4 Å². The monoisotopic (exact) mass is 396 g/mol. The molecular formula is C21H25FN6O. The van der Waals surface area contributed by atoms with Crippen molar-refractivity contribution < 1.29 is 9.18 Å². The standard InChI is InChI=1S/C21H25FN6O/c1-5-13(2)28-8-6-7-15(12-28)27(4)20-18(22)16-10-23-21(29)17(16)19(25-20)14-9-24-26(3)11-14/h5,9,11,15H,1-2,6-8,10,12H2,3-4H3,(H,23,29)/t15-/m0/s1. The zero-order valence-corrected chi connectivity index (χ0v) is 16.8. The molecule has 2 aliphatic heterocycles. The average molecular weight is 396 g/mol. The number of likely N-dealkylation sites (N-methyl/N-ethyl adjacent to an activating group) is 1. The highest BCUT2D eigenvalue weighted by Gasteiger charge is 2.33. The van der Waals surface area contributed by atoms with E-state index in [0.717, 1.165) is 31.6 Å². The van der Waals surface area contributed by atoms with E-state index in [4.69, 9.17) is 0 Å². The van der Waals surface area contributed by atoms with Crippen LogP contribution in [0.25, 0.3) is 11.3 Å². The van der Waals surface area contributed by atoms with Crippen molar-refractivity contribution in [1.29, 1.82) is 0 Å². The molecule has 152 valence electrons. The number of halogens is 1. The van der Waals surface area contributed by atoms with Crippen molar-refractivity contribution in [3.63, 3.8) is 0 Å². The first-order valence-electron chi connectivity index (χ1n) is 9.69. The van der Waals surface area contributed by atoms with Gasteiger partial charge >= 0.3 is 0 Å². The molecule has 0 unspecified atom stereocenters. The van der Waals surface area contributed by atoms with Crippen LogP contribution in [0.2, 0.25) is 0 Å². The Hall–Kier alpha value is -3.16. The molecule has 2 aromatic rings. The molecular weight excluding hydrogens is 371 g/mol. The quantitative estimate of drug-likeness (QED) is 0.787. The summed E-state index contributed by atoms with van der Waals surface area (Å²) in [4.78, 5) is 21.0. The van der Waals surface area contributed by atoms with Gasteiger partial charge in [-0.25, -0.2) is 9.37 Å². The molecule has 4 rings (SSSR count). The van der Waals surface area contributed by atoms with Gasteiger partial charge in [-0.15, -0.1) is 0 Å². The molecule has 1 atom stereocenters. The maximum Gasteiger partial charge on any atom is 0.254 e. The number of hydrogen-bond donors (Lipinski definition) is 1. The maximum absolute atomic E-state index is 15.4. The summed E-state index contributed by atoms with van der Waals surface area (Å²) < 4.78 is 17.1. The lowest BCUT2D eigenvalue weighted by atomic mass is 10.0. The molecule has 29 heavy (non-hydrogen) atoms. The predicted molar refractivity (Wildman–Crippen MR) is 110 cm³/mol. The van der Waals surface area contributed by atoms with Crippen molar-refractivity contribution in [2.24, 2.45) is 7.05 Å². The third-order valence-electron chi connectivity index (χ3n) is 5.77. The van der Waals surface area contributed by atoms with Crippen LogP contribution >= 0.6 is 0 Å². The maximum atomic E-state index is 15.4. The van der Waals surface area contributed by atoms with Crippen LogP contribution in [0.4, 0.5) is 10.2 Å². The van der Waals surface area contributed by atoms with Crippen LogP contribution in [0, 0.1) is 5.82 Å². The van der Waals surface area contributed by atoms with E-state index in [1.54, 1.807) is 30.2 Å². The Bertz CT molecular complexity index is 997. The first-order chi connectivity index (χ1) is 13.9. The highest BCUT2D eigenvalue weighted by atomic mass is 19.1. The van der Waals surface area contributed by atoms with Gasteiger partial charge < -0.3 is 15.1 Å². The van der Waals surface area contributed by atoms with Crippen molar-refractivity contribution in [2.45, 2.75) is 25.4 Å². The molecule has 1 fully saturated rings. The highest BCUT2D eigenvalue weighted by Crippen LogP contribution is 2.35. The van der Waals surface area contributed by atoms with Gasteiger partial charge in [-0.3, -0.25) is 9.48 Å². The molecule has 1 saturated heterocycles. The number of carbonyl (C=O) groups is 1. The number of allylic oxidation sites excluding steroid dienone is 1. The fourth-order valence-electron chi connectivity index (χ4n) is 4.09.